The molecule has 0 atom stereocenters. The number of phenols is 1. The molecule has 0 aliphatic carbocycles. The summed E-state index contributed by atoms with van der Waals surface area (Å²) in [6.07, 6.45) is 4.29. The van der Waals surface area contributed by atoms with Crippen molar-refractivity contribution in [2.24, 2.45) is 0 Å². The van der Waals surface area contributed by atoms with Crippen LogP contribution in [0.4, 0.5) is 0 Å². The van der Waals surface area contributed by atoms with E-state index in [1.807, 2.05) is 31.2 Å². The largest absolute Gasteiger partial charge is 0.507 e. The molecule has 0 aromatic heterocycles. The lowest BCUT2D eigenvalue weighted by molar-refractivity contribution is -0.249. The van der Waals surface area contributed by atoms with Gasteiger partial charge in [0.2, 0.25) is 0 Å². The van der Waals surface area contributed by atoms with Gasteiger partial charge < -0.3 is 9.84 Å². The van der Waals surface area contributed by atoms with Crippen LogP contribution in [0.25, 0.3) is 6.08 Å². The van der Waals surface area contributed by atoms with Crippen molar-refractivity contribution in [2.75, 3.05) is 7.11 Å². The first-order valence-electron chi connectivity index (χ1n) is 8.96. The Kier molecular flexibility index (Phi) is 7.77. The van der Waals surface area contributed by atoms with E-state index in [4.69, 9.17) is 4.74 Å². The molecule has 0 bridgehead atoms. The number of hydrogen-bond donors (Lipinski definition) is 1. The minimum absolute atomic E-state index is 0.0137. The van der Waals surface area contributed by atoms with Crippen LogP contribution >= 0.6 is 0 Å². The van der Waals surface area contributed by atoms with Gasteiger partial charge in [0.1, 0.15) is 18.1 Å². The Morgan fingerprint density at radius 1 is 1.18 bits per heavy atom. The van der Waals surface area contributed by atoms with Gasteiger partial charge in [-0.05, 0) is 48.7 Å². The summed E-state index contributed by atoms with van der Waals surface area (Å²) in [5.74, 6) is -0.253. The average molecular weight is 384 g/mol. The molecule has 6 nitrogen and oxygen atoms in total. The molecule has 0 saturated heterocycles. The maximum atomic E-state index is 11.7. The van der Waals surface area contributed by atoms with Crippen molar-refractivity contribution >= 4 is 17.8 Å². The van der Waals surface area contributed by atoms with Gasteiger partial charge in [-0.3, -0.25) is 9.68 Å². The van der Waals surface area contributed by atoms with Crippen LogP contribution in [-0.2, 0) is 27.6 Å². The summed E-state index contributed by atoms with van der Waals surface area (Å²) >= 11 is 0. The van der Waals surface area contributed by atoms with E-state index >= 15 is 0 Å². The van der Waals surface area contributed by atoms with Crippen LogP contribution in [0, 0.1) is 0 Å². The molecule has 0 amide bonds. The maximum absolute atomic E-state index is 11.7. The van der Waals surface area contributed by atoms with Crippen LogP contribution in [-0.4, -0.2) is 24.0 Å². The minimum Gasteiger partial charge on any atom is -0.507 e. The van der Waals surface area contributed by atoms with Crippen LogP contribution in [0.1, 0.15) is 47.3 Å². The Balaban J connectivity index is 2.16. The third kappa shape index (κ3) is 5.69. The molecule has 28 heavy (non-hydrogen) atoms. The first-order valence-corrected chi connectivity index (χ1v) is 8.96. The Hall–Kier alpha value is -3.12. The molecule has 6 heteroatoms. The van der Waals surface area contributed by atoms with Crippen molar-refractivity contribution < 1.29 is 29.2 Å². The second-order valence-electron chi connectivity index (χ2n) is 6.18. The number of aromatic hydroxyl groups is 1. The summed E-state index contributed by atoms with van der Waals surface area (Å²) in [6.45, 7) is 3.70. The van der Waals surface area contributed by atoms with Crippen molar-refractivity contribution in [3.05, 3.63) is 64.7 Å². The van der Waals surface area contributed by atoms with Gasteiger partial charge in [-0.25, -0.2) is 4.79 Å². The molecule has 0 spiro atoms. The summed E-state index contributed by atoms with van der Waals surface area (Å²) in [4.78, 5) is 31.6. The van der Waals surface area contributed by atoms with E-state index in [0.717, 1.165) is 17.5 Å². The van der Waals surface area contributed by atoms with E-state index in [-0.39, 0.29) is 18.1 Å². The number of carbonyl (C=O) groups is 2. The van der Waals surface area contributed by atoms with Crippen molar-refractivity contribution in [3.8, 4) is 11.5 Å². The topological polar surface area (TPSA) is 82.1 Å². The third-order valence-corrected chi connectivity index (χ3v) is 4.04. The summed E-state index contributed by atoms with van der Waals surface area (Å²) in [6, 6.07) is 10.8. The van der Waals surface area contributed by atoms with Gasteiger partial charge >= 0.3 is 5.97 Å². The zero-order chi connectivity index (χ0) is 20.5. The number of hydrogen-bond acceptors (Lipinski definition) is 6. The average Bonchev–Trinajstić information content (AvgIpc) is 2.67. The summed E-state index contributed by atoms with van der Waals surface area (Å²) in [5, 5.41) is 10.4. The second kappa shape index (κ2) is 10.3. The standard InChI is InChI=1S/C22H24O6/c1-4-6-19-20(11-10-18(15(2)23)22(19)25)27-14-17-8-5-7-16(13-17)9-12-21(24)28-26-3/h5,7-13,25H,4,6,14H2,1-3H3. The molecule has 0 aliphatic rings. The van der Waals surface area contributed by atoms with Crippen LogP contribution in [0.3, 0.4) is 0 Å². The van der Waals surface area contributed by atoms with Crippen molar-refractivity contribution in [3.63, 3.8) is 0 Å². The van der Waals surface area contributed by atoms with Gasteiger partial charge in [0.05, 0.1) is 12.7 Å². The van der Waals surface area contributed by atoms with Crippen LogP contribution in [0.15, 0.2) is 42.5 Å². The van der Waals surface area contributed by atoms with E-state index in [9.17, 15) is 14.7 Å². The molecular weight excluding hydrogens is 360 g/mol. The van der Waals surface area contributed by atoms with Crippen molar-refractivity contribution in [2.45, 2.75) is 33.3 Å². The van der Waals surface area contributed by atoms with Gasteiger partial charge in [-0.15, -0.1) is 0 Å². The number of phenolic OH excluding ortho intramolecular Hbond substituents is 1. The lowest BCUT2D eigenvalue weighted by atomic mass is 10.0. The Labute approximate surface area is 164 Å². The molecule has 1 N–H and O–H groups in total. The molecular formula is C22H24O6. The zero-order valence-electron chi connectivity index (χ0n) is 16.2. The molecule has 2 aromatic rings. The molecule has 0 aliphatic heterocycles. The highest BCUT2D eigenvalue weighted by molar-refractivity contribution is 5.97. The van der Waals surface area contributed by atoms with Gasteiger partial charge in [0.25, 0.3) is 0 Å². The van der Waals surface area contributed by atoms with Gasteiger partial charge in [0.15, 0.2) is 5.78 Å². The van der Waals surface area contributed by atoms with Crippen molar-refractivity contribution in [1.82, 2.24) is 0 Å². The monoisotopic (exact) mass is 384 g/mol. The normalized spacial score (nSPS) is 10.8. The Bertz CT molecular complexity index is 869. The molecule has 0 fully saturated rings. The van der Waals surface area contributed by atoms with Gasteiger partial charge in [-0.1, -0.05) is 31.5 Å². The predicted octanol–water partition coefficient (Wildman–Crippen LogP) is 4.24. The maximum Gasteiger partial charge on any atom is 0.365 e. The zero-order valence-corrected chi connectivity index (χ0v) is 16.2. The Morgan fingerprint density at radius 3 is 2.64 bits per heavy atom. The van der Waals surface area contributed by atoms with Crippen LogP contribution in [0.2, 0.25) is 0 Å². The molecule has 0 unspecified atom stereocenters. The number of Topliss-reactive ketones (excluding diaryl/α,β-unsaturated/α-hetero) is 1. The smallest absolute Gasteiger partial charge is 0.365 e. The first kappa shape index (κ1) is 21.2. The quantitative estimate of drug-likeness (QED) is 0.301. The number of benzene rings is 2. The molecule has 2 rings (SSSR count). The Morgan fingerprint density at radius 2 is 1.96 bits per heavy atom. The minimum atomic E-state index is -0.602. The highest BCUT2D eigenvalue weighted by atomic mass is 17.2. The molecule has 0 saturated carbocycles. The fraction of sp³-hybridized carbons (Fsp3) is 0.273. The lowest BCUT2D eigenvalue weighted by Crippen LogP contribution is -2.02. The highest BCUT2D eigenvalue weighted by Crippen LogP contribution is 2.33. The van der Waals surface area contributed by atoms with E-state index in [1.54, 1.807) is 18.2 Å². The third-order valence-electron chi connectivity index (χ3n) is 4.04. The summed E-state index contributed by atoms with van der Waals surface area (Å²) < 4.78 is 5.90. The van der Waals surface area contributed by atoms with E-state index in [2.05, 4.69) is 9.78 Å². The van der Waals surface area contributed by atoms with E-state index in [0.29, 0.717) is 23.3 Å². The second-order valence-corrected chi connectivity index (χ2v) is 6.18. The first-order chi connectivity index (χ1) is 13.5. The lowest BCUT2D eigenvalue weighted by Gasteiger charge is -2.15. The van der Waals surface area contributed by atoms with E-state index < -0.39 is 5.97 Å². The van der Waals surface area contributed by atoms with Crippen LogP contribution < -0.4 is 4.74 Å². The number of ketones is 1. The molecule has 2 aromatic carbocycles. The number of carbonyl (C=O) groups excluding carboxylic acids is 2. The predicted molar refractivity (Wildman–Crippen MR) is 105 cm³/mol. The highest BCUT2D eigenvalue weighted by Gasteiger charge is 2.16. The fourth-order valence-corrected chi connectivity index (χ4v) is 2.75. The van der Waals surface area contributed by atoms with Crippen molar-refractivity contribution in [1.29, 1.82) is 0 Å². The number of ether oxygens (including phenoxy) is 1. The van der Waals surface area contributed by atoms with Gasteiger partial charge in [-0.2, -0.15) is 4.89 Å². The molecule has 148 valence electrons. The molecule has 0 heterocycles. The van der Waals surface area contributed by atoms with Gasteiger partial charge in [0, 0.05) is 11.6 Å². The van der Waals surface area contributed by atoms with Crippen LogP contribution in [0.5, 0.6) is 11.5 Å². The van der Waals surface area contributed by atoms with E-state index in [1.165, 1.54) is 20.1 Å². The SMILES string of the molecule is CCCc1c(OCc2cccc(C=CC(=O)OOC)c2)ccc(C(C)=O)c1O. The summed E-state index contributed by atoms with van der Waals surface area (Å²) in [7, 11) is 1.26. The molecule has 0 radical (unpaired) electrons. The summed E-state index contributed by atoms with van der Waals surface area (Å²) in [5.41, 5.74) is 2.62. The fourth-order valence-electron chi connectivity index (χ4n) is 2.75. The number of rotatable bonds is 9.